The summed E-state index contributed by atoms with van der Waals surface area (Å²) in [6.45, 7) is 8.67. The number of hydrogen-bond donors (Lipinski definition) is 1. The maximum absolute atomic E-state index is 5.82. The molecule has 3 nitrogen and oxygen atoms in total. The first-order valence-corrected chi connectivity index (χ1v) is 5.07. The summed E-state index contributed by atoms with van der Waals surface area (Å²) in [6, 6.07) is 4.01. The zero-order valence-electron chi connectivity index (χ0n) is 9.70. The number of nitrogens with zero attached hydrogens (tertiary/aromatic N) is 2. The monoisotopic (exact) mass is 205 g/mol. The lowest BCUT2D eigenvalue weighted by Crippen LogP contribution is -2.20. The number of nitrogens with two attached hydrogens (primary N) is 1. The van der Waals surface area contributed by atoms with E-state index in [1.165, 1.54) is 0 Å². The molecule has 0 amide bonds. The van der Waals surface area contributed by atoms with E-state index in [0.29, 0.717) is 0 Å². The van der Waals surface area contributed by atoms with Crippen molar-refractivity contribution in [2.45, 2.75) is 19.9 Å². The van der Waals surface area contributed by atoms with Crippen LogP contribution >= 0.6 is 0 Å². The van der Waals surface area contributed by atoms with Gasteiger partial charge in [-0.3, -0.25) is 0 Å². The van der Waals surface area contributed by atoms with E-state index in [-0.39, 0.29) is 6.04 Å². The highest BCUT2D eigenvalue weighted by atomic mass is 15.2. The summed E-state index contributed by atoms with van der Waals surface area (Å²) in [5.74, 6) is 0.938. The van der Waals surface area contributed by atoms with Crippen molar-refractivity contribution in [2.75, 3.05) is 18.5 Å². The minimum Gasteiger partial charge on any atom is -0.356 e. The van der Waals surface area contributed by atoms with E-state index in [4.69, 9.17) is 5.73 Å². The second kappa shape index (κ2) is 4.94. The van der Waals surface area contributed by atoms with E-state index in [1.807, 2.05) is 33.0 Å². The molecule has 82 valence electrons. The molecule has 1 rings (SSSR count). The third-order valence-electron chi connectivity index (χ3n) is 2.19. The minimum absolute atomic E-state index is 0.0463. The van der Waals surface area contributed by atoms with Crippen LogP contribution in [-0.2, 0) is 0 Å². The Morgan fingerprint density at radius 2 is 2.33 bits per heavy atom. The van der Waals surface area contributed by atoms with Crippen molar-refractivity contribution in [1.82, 2.24) is 4.98 Å². The number of pyridine rings is 1. The molecule has 0 spiro atoms. The summed E-state index contributed by atoms with van der Waals surface area (Å²) >= 11 is 0. The predicted octanol–water partition coefficient (Wildman–Crippen LogP) is 2.11. The summed E-state index contributed by atoms with van der Waals surface area (Å²) in [7, 11) is 2.00. The number of aromatic nitrogens is 1. The summed E-state index contributed by atoms with van der Waals surface area (Å²) in [4.78, 5) is 6.37. The van der Waals surface area contributed by atoms with Gasteiger partial charge < -0.3 is 10.6 Å². The highest BCUT2D eigenvalue weighted by Gasteiger charge is 2.05. The third kappa shape index (κ3) is 3.36. The zero-order chi connectivity index (χ0) is 11.4. The molecule has 3 heteroatoms. The van der Waals surface area contributed by atoms with Gasteiger partial charge in [-0.2, -0.15) is 0 Å². The number of anilines is 1. The molecule has 1 atom stereocenters. The van der Waals surface area contributed by atoms with Crippen LogP contribution in [0.5, 0.6) is 0 Å². The minimum atomic E-state index is 0.0463. The maximum Gasteiger partial charge on any atom is 0.128 e. The van der Waals surface area contributed by atoms with Gasteiger partial charge in [-0.05, 0) is 31.5 Å². The molecule has 1 aromatic heterocycles. The Morgan fingerprint density at radius 1 is 1.67 bits per heavy atom. The van der Waals surface area contributed by atoms with Gasteiger partial charge in [0.15, 0.2) is 0 Å². The van der Waals surface area contributed by atoms with Crippen LogP contribution in [-0.4, -0.2) is 18.6 Å². The number of hydrogen-bond acceptors (Lipinski definition) is 3. The van der Waals surface area contributed by atoms with Crippen LogP contribution in [0.4, 0.5) is 5.82 Å². The largest absolute Gasteiger partial charge is 0.356 e. The Balaban J connectivity index is 2.85. The van der Waals surface area contributed by atoms with Crippen LogP contribution in [0, 0.1) is 0 Å². The topological polar surface area (TPSA) is 42.1 Å². The molecule has 0 aliphatic rings. The highest BCUT2D eigenvalue weighted by molar-refractivity contribution is 5.42. The van der Waals surface area contributed by atoms with Gasteiger partial charge in [-0.15, -0.1) is 0 Å². The Kier molecular flexibility index (Phi) is 3.86. The average molecular weight is 205 g/mol. The first-order chi connectivity index (χ1) is 7.00. The molecule has 0 bridgehead atoms. The molecular weight excluding hydrogens is 186 g/mol. The van der Waals surface area contributed by atoms with Gasteiger partial charge >= 0.3 is 0 Å². The molecule has 1 heterocycles. The molecule has 0 radical (unpaired) electrons. The summed E-state index contributed by atoms with van der Waals surface area (Å²) in [5, 5.41) is 0. The molecule has 0 fully saturated rings. The van der Waals surface area contributed by atoms with Crippen LogP contribution in [0.15, 0.2) is 30.5 Å². The van der Waals surface area contributed by atoms with Crippen LogP contribution in [0.1, 0.15) is 25.5 Å². The highest BCUT2D eigenvalue weighted by Crippen LogP contribution is 2.16. The average Bonchev–Trinajstić information content (AvgIpc) is 2.17. The van der Waals surface area contributed by atoms with Crippen molar-refractivity contribution in [2.24, 2.45) is 5.73 Å². The summed E-state index contributed by atoms with van der Waals surface area (Å²) in [6.07, 6.45) is 1.79. The fraction of sp³-hybridized carbons (Fsp3) is 0.417. The number of likely N-dealkylation sites (N-methyl/N-ethyl adjacent to an activating group) is 1. The van der Waals surface area contributed by atoms with Crippen LogP contribution < -0.4 is 10.6 Å². The summed E-state index contributed by atoms with van der Waals surface area (Å²) < 4.78 is 0. The Labute approximate surface area is 91.6 Å². The van der Waals surface area contributed by atoms with Crippen molar-refractivity contribution < 1.29 is 0 Å². The lowest BCUT2D eigenvalue weighted by Gasteiger charge is -2.19. The van der Waals surface area contributed by atoms with Crippen molar-refractivity contribution >= 4 is 5.82 Å². The maximum atomic E-state index is 5.82. The quantitative estimate of drug-likeness (QED) is 0.765. The van der Waals surface area contributed by atoms with E-state index in [9.17, 15) is 0 Å². The predicted molar refractivity (Wildman–Crippen MR) is 64.9 cm³/mol. The standard InChI is InChI=1S/C12H19N3/c1-9(2)8-15(4)12-7-11(10(3)13)5-6-14-12/h5-7,10H,1,8,13H2,2-4H3/t10-/m0/s1. The molecule has 0 aliphatic carbocycles. The Hall–Kier alpha value is -1.35. The van der Waals surface area contributed by atoms with Crippen LogP contribution in [0.2, 0.25) is 0 Å². The summed E-state index contributed by atoms with van der Waals surface area (Å²) in [5.41, 5.74) is 8.04. The van der Waals surface area contributed by atoms with E-state index in [1.54, 1.807) is 6.20 Å². The fourth-order valence-electron chi connectivity index (χ4n) is 1.41. The van der Waals surface area contributed by atoms with Gasteiger partial charge in [0.1, 0.15) is 5.82 Å². The molecule has 0 saturated heterocycles. The molecule has 0 saturated carbocycles. The van der Waals surface area contributed by atoms with Gasteiger partial charge in [0.05, 0.1) is 0 Å². The second-order valence-corrected chi connectivity index (χ2v) is 4.05. The van der Waals surface area contributed by atoms with E-state index >= 15 is 0 Å². The third-order valence-corrected chi connectivity index (χ3v) is 2.19. The van der Waals surface area contributed by atoms with Gasteiger partial charge in [0, 0.05) is 25.8 Å². The lowest BCUT2D eigenvalue weighted by molar-refractivity contribution is 0.812. The van der Waals surface area contributed by atoms with Crippen molar-refractivity contribution in [3.8, 4) is 0 Å². The van der Waals surface area contributed by atoms with E-state index in [2.05, 4.69) is 16.5 Å². The van der Waals surface area contributed by atoms with Gasteiger partial charge in [0.2, 0.25) is 0 Å². The molecule has 0 unspecified atom stereocenters. The van der Waals surface area contributed by atoms with E-state index < -0.39 is 0 Å². The van der Waals surface area contributed by atoms with Crippen LogP contribution in [0.3, 0.4) is 0 Å². The van der Waals surface area contributed by atoms with Crippen molar-refractivity contribution in [1.29, 1.82) is 0 Å². The van der Waals surface area contributed by atoms with Crippen LogP contribution in [0.25, 0.3) is 0 Å². The lowest BCUT2D eigenvalue weighted by atomic mass is 10.1. The van der Waals surface area contributed by atoms with Gasteiger partial charge in [-0.1, -0.05) is 12.2 Å². The van der Waals surface area contributed by atoms with Gasteiger partial charge in [0.25, 0.3) is 0 Å². The molecule has 15 heavy (non-hydrogen) atoms. The zero-order valence-corrected chi connectivity index (χ0v) is 9.70. The molecule has 2 N–H and O–H groups in total. The Morgan fingerprint density at radius 3 is 2.87 bits per heavy atom. The normalized spacial score (nSPS) is 12.3. The molecular formula is C12H19N3. The molecule has 0 aliphatic heterocycles. The fourth-order valence-corrected chi connectivity index (χ4v) is 1.41. The second-order valence-electron chi connectivity index (χ2n) is 4.05. The molecule has 0 aromatic carbocycles. The van der Waals surface area contributed by atoms with Crippen molar-refractivity contribution in [3.05, 3.63) is 36.0 Å². The number of rotatable bonds is 4. The van der Waals surface area contributed by atoms with E-state index in [0.717, 1.165) is 23.5 Å². The first-order valence-electron chi connectivity index (χ1n) is 5.07. The van der Waals surface area contributed by atoms with Gasteiger partial charge in [-0.25, -0.2) is 4.98 Å². The Bertz CT molecular complexity index is 344. The molecule has 1 aromatic rings. The smallest absolute Gasteiger partial charge is 0.128 e. The van der Waals surface area contributed by atoms with Crippen molar-refractivity contribution in [3.63, 3.8) is 0 Å². The first kappa shape index (κ1) is 11.7. The SMILES string of the molecule is C=C(C)CN(C)c1cc([C@H](C)N)ccn1.